The molecule has 47 heavy (non-hydrogen) atoms. The monoisotopic (exact) mass is 664 g/mol. The number of amides is 2. The highest BCUT2D eigenvalue weighted by molar-refractivity contribution is 5.97. The predicted octanol–water partition coefficient (Wildman–Crippen LogP) is 1.34. The van der Waals surface area contributed by atoms with Crippen molar-refractivity contribution in [2.45, 2.75) is 51.2 Å². The summed E-state index contributed by atoms with van der Waals surface area (Å²) >= 11 is 0. The van der Waals surface area contributed by atoms with E-state index in [1.807, 2.05) is 0 Å². The first-order valence-electron chi connectivity index (χ1n) is 14.7. The van der Waals surface area contributed by atoms with Crippen LogP contribution in [0.2, 0.25) is 0 Å². The molecule has 1 aliphatic heterocycles. The third kappa shape index (κ3) is 12.8. The number of anilines is 1. The zero-order valence-corrected chi connectivity index (χ0v) is 25.9. The minimum Gasteiger partial charge on any atom is -0.479 e. The molecule has 0 saturated carbocycles. The van der Waals surface area contributed by atoms with Gasteiger partial charge in [0, 0.05) is 32.1 Å². The number of rotatable bonds is 20. The fraction of sp³-hybridized carbons (Fsp3) is 0.484. The lowest BCUT2D eigenvalue weighted by atomic mass is 10.0. The van der Waals surface area contributed by atoms with Gasteiger partial charge in [0.1, 0.15) is 19.0 Å². The van der Waals surface area contributed by atoms with Crippen LogP contribution in [0.4, 0.5) is 10.5 Å². The smallest absolute Gasteiger partial charge is 0.411 e. The maximum absolute atomic E-state index is 13.2. The molecule has 2 aromatic carbocycles. The zero-order chi connectivity index (χ0) is 34.0. The molecule has 1 aliphatic rings. The lowest BCUT2D eigenvalue weighted by Gasteiger charge is -2.31. The van der Waals surface area contributed by atoms with Crippen molar-refractivity contribution in [1.82, 2.24) is 5.32 Å². The van der Waals surface area contributed by atoms with Crippen molar-refractivity contribution in [3.8, 4) is 5.75 Å². The molecule has 0 bridgehead atoms. The number of carboxylic acid groups (broad SMARTS) is 1. The Kier molecular flexibility index (Phi) is 15.8. The second-order valence-corrected chi connectivity index (χ2v) is 10.2. The first-order valence-corrected chi connectivity index (χ1v) is 14.7. The van der Waals surface area contributed by atoms with Gasteiger partial charge in [-0.2, -0.15) is 0 Å². The Bertz CT molecular complexity index is 1320. The molecule has 16 nitrogen and oxygen atoms in total. The molecule has 2 aromatic rings. The van der Waals surface area contributed by atoms with E-state index in [0.717, 1.165) is 0 Å². The van der Waals surface area contributed by atoms with Crippen LogP contribution >= 0.6 is 0 Å². The molecule has 3 rings (SSSR count). The Hall–Kier alpha value is -4.32. The number of methoxy groups -OCH3 is 1. The molecule has 0 radical (unpaired) electrons. The van der Waals surface area contributed by atoms with E-state index in [0.29, 0.717) is 48.8 Å². The molecule has 3 atom stereocenters. The minimum absolute atomic E-state index is 0.0185. The first-order chi connectivity index (χ1) is 22.7. The SMILES string of the molecule is COCCOCCOCCNC(=O)c1cc(COC(=O)Nc2ccc(CO)cc2COC=O)ccc1OC1CC(O)CC(C(=O)O)O1. The molecule has 16 heteroatoms. The van der Waals surface area contributed by atoms with Gasteiger partial charge < -0.3 is 53.8 Å². The normalized spacial score (nSPS) is 17.4. The van der Waals surface area contributed by atoms with E-state index in [9.17, 15) is 34.5 Å². The number of benzene rings is 2. The van der Waals surface area contributed by atoms with Gasteiger partial charge >= 0.3 is 12.1 Å². The Morgan fingerprint density at radius 1 is 0.979 bits per heavy atom. The van der Waals surface area contributed by atoms with E-state index in [1.165, 1.54) is 18.2 Å². The summed E-state index contributed by atoms with van der Waals surface area (Å²) in [6.07, 6.45) is -4.37. The number of carbonyl (C=O) groups excluding carboxylic acids is 3. The number of aliphatic carboxylic acids is 1. The topological polar surface area (TPSA) is 218 Å². The van der Waals surface area contributed by atoms with Crippen LogP contribution in [0.1, 0.15) is 39.9 Å². The number of hydrogen-bond donors (Lipinski definition) is 5. The summed E-state index contributed by atoms with van der Waals surface area (Å²) < 4.78 is 37.1. The largest absolute Gasteiger partial charge is 0.479 e. The summed E-state index contributed by atoms with van der Waals surface area (Å²) in [5, 5.41) is 34.2. The van der Waals surface area contributed by atoms with E-state index in [-0.39, 0.29) is 63.6 Å². The van der Waals surface area contributed by atoms with Gasteiger partial charge in [0.2, 0.25) is 6.29 Å². The Morgan fingerprint density at radius 3 is 2.45 bits per heavy atom. The third-order valence-electron chi connectivity index (χ3n) is 6.69. The predicted molar refractivity (Wildman–Crippen MR) is 161 cm³/mol. The molecule has 0 aliphatic carbocycles. The average molecular weight is 665 g/mol. The number of nitrogens with one attached hydrogen (secondary N) is 2. The van der Waals surface area contributed by atoms with Gasteiger partial charge in [0.05, 0.1) is 57.0 Å². The van der Waals surface area contributed by atoms with Gasteiger partial charge in [-0.15, -0.1) is 0 Å². The highest BCUT2D eigenvalue weighted by Crippen LogP contribution is 2.27. The average Bonchev–Trinajstić information content (AvgIpc) is 3.06. The third-order valence-corrected chi connectivity index (χ3v) is 6.69. The second kappa shape index (κ2) is 20.0. The van der Waals surface area contributed by atoms with Crippen LogP contribution < -0.4 is 15.4 Å². The van der Waals surface area contributed by atoms with Crippen molar-refractivity contribution in [3.63, 3.8) is 0 Å². The van der Waals surface area contributed by atoms with Crippen LogP contribution in [-0.4, -0.2) is 105 Å². The Balaban J connectivity index is 1.66. The van der Waals surface area contributed by atoms with Crippen LogP contribution in [-0.2, 0) is 57.8 Å². The summed E-state index contributed by atoms with van der Waals surface area (Å²) in [5.74, 6) is -1.76. The van der Waals surface area contributed by atoms with Gasteiger partial charge in [-0.25, -0.2) is 9.59 Å². The molecule has 5 N–H and O–H groups in total. The molecule has 3 unspecified atom stereocenters. The molecule has 0 aromatic heterocycles. The number of ether oxygens (including phenoxy) is 7. The van der Waals surface area contributed by atoms with E-state index < -0.39 is 36.5 Å². The van der Waals surface area contributed by atoms with Gasteiger partial charge in [-0.1, -0.05) is 12.1 Å². The number of aliphatic hydroxyl groups excluding tert-OH is 2. The summed E-state index contributed by atoms with van der Waals surface area (Å²) in [5.41, 5.74) is 1.74. The van der Waals surface area contributed by atoms with Crippen LogP contribution in [0.25, 0.3) is 0 Å². The standard InChI is InChI=1S/C31H40N2O14/c1-41-8-9-43-11-10-42-7-6-32-29(37)24-13-21(3-5-26(24)46-28-15-23(36)14-27(47-28)30(38)39)17-45-31(40)33-25-4-2-20(16-34)12-22(25)18-44-19-35/h2-5,12-13,19,23,27-28,34,36H,6-11,14-18H2,1H3,(H,32,37)(H,33,40)(H,38,39). The number of aliphatic hydroxyl groups is 2. The van der Waals surface area contributed by atoms with Crippen molar-refractivity contribution >= 4 is 30.1 Å². The molecule has 1 saturated heterocycles. The van der Waals surface area contributed by atoms with Crippen LogP contribution in [0.5, 0.6) is 5.75 Å². The Morgan fingerprint density at radius 2 is 1.72 bits per heavy atom. The van der Waals surface area contributed by atoms with E-state index in [1.54, 1.807) is 25.3 Å². The lowest BCUT2D eigenvalue weighted by Crippen LogP contribution is -2.42. The molecule has 1 fully saturated rings. The Labute approximate surface area is 270 Å². The summed E-state index contributed by atoms with van der Waals surface area (Å²) in [7, 11) is 1.57. The van der Waals surface area contributed by atoms with Gasteiger partial charge in [0.15, 0.2) is 6.10 Å². The maximum atomic E-state index is 13.2. The number of carboxylic acids is 1. The number of carbonyl (C=O) groups is 4. The first kappa shape index (κ1) is 37.1. The van der Waals surface area contributed by atoms with Crippen molar-refractivity contribution in [2.75, 3.05) is 52.0 Å². The van der Waals surface area contributed by atoms with Crippen LogP contribution in [0.3, 0.4) is 0 Å². The van der Waals surface area contributed by atoms with Crippen LogP contribution in [0, 0.1) is 0 Å². The zero-order valence-electron chi connectivity index (χ0n) is 25.9. The highest BCUT2D eigenvalue weighted by Gasteiger charge is 2.34. The second-order valence-electron chi connectivity index (χ2n) is 10.2. The van der Waals surface area contributed by atoms with Gasteiger partial charge in [-0.3, -0.25) is 14.9 Å². The molecular weight excluding hydrogens is 624 g/mol. The summed E-state index contributed by atoms with van der Waals surface area (Å²) in [6, 6.07) is 9.11. The van der Waals surface area contributed by atoms with Gasteiger partial charge in [-0.05, 0) is 35.4 Å². The molecular formula is C31H40N2O14. The van der Waals surface area contributed by atoms with Crippen molar-refractivity contribution in [1.29, 1.82) is 0 Å². The molecule has 2 amide bonds. The highest BCUT2D eigenvalue weighted by atomic mass is 16.7. The quantitative estimate of drug-likeness (QED) is 0.0997. The van der Waals surface area contributed by atoms with E-state index in [2.05, 4.69) is 10.6 Å². The summed E-state index contributed by atoms with van der Waals surface area (Å²) in [6.45, 7) is 1.52. The molecule has 1 heterocycles. The molecule has 258 valence electrons. The summed E-state index contributed by atoms with van der Waals surface area (Å²) in [4.78, 5) is 47.9. The van der Waals surface area contributed by atoms with E-state index in [4.69, 9.17) is 33.2 Å². The maximum Gasteiger partial charge on any atom is 0.411 e. The fourth-order valence-corrected chi connectivity index (χ4v) is 4.39. The fourth-order valence-electron chi connectivity index (χ4n) is 4.39. The van der Waals surface area contributed by atoms with Crippen molar-refractivity contribution in [2.24, 2.45) is 0 Å². The number of hydrogen-bond acceptors (Lipinski definition) is 13. The van der Waals surface area contributed by atoms with Crippen molar-refractivity contribution in [3.05, 3.63) is 58.7 Å². The lowest BCUT2D eigenvalue weighted by molar-refractivity contribution is -0.195. The molecule has 0 spiro atoms. The van der Waals surface area contributed by atoms with Crippen molar-refractivity contribution < 1.29 is 67.7 Å². The van der Waals surface area contributed by atoms with Crippen LogP contribution in [0.15, 0.2) is 36.4 Å². The minimum atomic E-state index is -1.28. The van der Waals surface area contributed by atoms with Gasteiger partial charge in [0.25, 0.3) is 12.4 Å². The van der Waals surface area contributed by atoms with E-state index >= 15 is 0 Å².